The van der Waals surface area contributed by atoms with Crippen molar-refractivity contribution in [3.8, 4) is 0 Å². The van der Waals surface area contributed by atoms with Gasteiger partial charge in [0, 0.05) is 11.8 Å². The van der Waals surface area contributed by atoms with Crippen LogP contribution in [0, 0.1) is 5.82 Å². The molecule has 74 valence electrons. The first-order chi connectivity index (χ1) is 6.02. The van der Waals surface area contributed by atoms with E-state index in [0.717, 1.165) is 6.20 Å². The van der Waals surface area contributed by atoms with Crippen LogP contribution < -0.4 is 0 Å². The Balaban J connectivity index is 0.000000671. The van der Waals surface area contributed by atoms with Gasteiger partial charge < -0.3 is 5.11 Å². The first-order valence-corrected chi connectivity index (χ1v) is 4.34. The summed E-state index contributed by atoms with van der Waals surface area (Å²) in [6.07, 6.45) is 2.55. The lowest BCUT2D eigenvalue weighted by molar-refractivity contribution is 0.0744. The zero-order valence-electron chi connectivity index (χ0n) is 8.50. The second-order valence-corrected chi connectivity index (χ2v) is 2.91. The minimum Gasteiger partial charge on any atom is -0.386 e. The summed E-state index contributed by atoms with van der Waals surface area (Å²) >= 11 is 0. The molecule has 0 aromatic carbocycles. The van der Waals surface area contributed by atoms with Crippen molar-refractivity contribution < 1.29 is 9.50 Å². The molecule has 1 heterocycles. The number of halogens is 1. The van der Waals surface area contributed by atoms with E-state index < -0.39 is 11.4 Å². The van der Waals surface area contributed by atoms with Gasteiger partial charge in [-0.1, -0.05) is 13.8 Å². The predicted molar refractivity (Wildman–Crippen MR) is 50.8 cm³/mol. The Labute approximate surface area is 78.4 Å². The van der Waals surface area contributed by atoms with E-state index in [-0.39, 0.29) is 5.56 Å². The number of hydrogen-bond acceptors (Lipinski definition) is 2. The minimum absolute atomic E-state index is 0.271. The van der Waals surface area contributed by atoms with Gasteiger partial charge in [0.05, 0.1) is 11.8 Å². The summed E-state index contributed by atoms with van der Waals surface area (Å²) in [5, 5.41) is 9.40. The van der Waals surface area contributed by atoms with Crippen LogP contribution in [0.5, 0.6) is 0 Å². The number of rotatable bonds is 1. The monoisotopic (exact) mass is 185 g/mol. The molecule has 3 heteroatoms. The van der Waals surface area contributed by atoms with Gasteiger partial charge in [-0.2, -0.15) is 0 Å². The molecule has 13 heavy (non-hydrogen) atoms. The maximum atomic E-state index is 12.9. The first kappa shape index (κ1) is 12.0. The smallest absolute Gasteiger partial charge is 0.147 e. The van der Waals surface area contributed by atoms with Gasteiger partial charge in [0.25, 0.3) is 0 Å². The van der Waals surface area contributed by atoms with Crippen molar-refractivity contribution in [2.24, 2.45) is 0 Å². The molecule has 1 aromatic rings. The maximum absolute atomic E-state index is 12.9. The van der Waals surface area contributed by atoms with Crippen LogP contribution in [0.2, 0.25) is 0 Å². The van der Waals surface area contributed by atoms with Crippen LogP contribution in [0.4, 0.5) is 4.39 Å². The van der Waals surface area contributed by atoms with Gasteiger partial charge in [0.2, 0.25) is 0 Å². The normalized spacial score (nSPS) is 10.3. The third-order valence-corrected chi connectivity index (χ3v) is 1.43. The van der Waals surface area contributed by atoms with Gasteiger partial charge in [-0.25, -0.2) is 4.39 Å². The second kappa shape index (κ2) is 4.92. The fraction of sp³-hybridized carbons (Fsp3) is 0.500. The lowest BCUT2D eigenvalue weighted by atomic mass is 10.00. The summed E-state index contributed by atoms with van der Waals surface area (Å²) in [7, 11) is 0. The molecule has 0 bridgehead atoms. The number of hydrogen-bond donors (Lipinski definition) is 1. The lowest BCUT2D eigenvalue weighted by Gasteiger charge is -2.17. The summed E-state index contributed by atoms with van der Waals surface area (Å²) in [6.45, 7) is 7.07. The first-order valence-electron chi connectivity index (χ1n) is 4.34. The molecule has 0 spiro atoms. The van der Waals surface area contributed by atoms with Crippen molar-refractivity contribution in [2.45, 2.75) is 33.3 Å². The highest BCUT2D eigenvalue weighted by molar-refractivity contribution is 5.18. The van der Waals surface area contributed by atoms with E-state index in [2.05, 4.69) is 4.98 Å². The van der Waals surface area contributed by atoms with Crippen molar-refractivity contribution >= 4 is 0 Å². The lowest BCUT2D eigenvalue weighted by Crippen LogP contribution is -2.17. The number of nitrogens with zero attached hydrogens (tertiary/aromatic N) is 1. The van der Waals surface area contributed by atoms with Gasteiger partial charge >= 0.3 is 0 Å². The summed E-state index contributed by atoms with van der Waals surface area (Å²) in [6, 6.07) is 1.47. The quantitative estimate of drug-likeness (QED) is 0.729. The van der Waals surface area contributed by atoms with Crippen LogP contribution in [0.25, 0.3) is 0 Å². The Morgan fingerprint density at radius 1 is 1.38 bits per heavy atom. The van der Waals surface area contributed by atoms with E-state index in [1.165, 1.54) is 26.1 Å². The molecule has 0 radical (unpaired) electrons. The highest BCUT2D eigenvalue weighted by Crippen LogP contribution is 2.20. The zero-order chi connectivity index (χ0) is 10.5. The maximum Gasteiger partial charge on any atom is 0.147 e. The highest BCUT2D eigenvalue weighted by Gasteiger charge is 2.19. The Morgan fingerprint density at radius 2 is 1.92 bits per heavy atom. The molecule has 2 nitrogen and oxygen atoms in total. The van der Waals surface area contributed by atoms with Crippen LogP contribution >= 0.6 is 0 Å². The molecule has 1 aromatic heterocycles. The van der Waals surface area contributed by atoms with E-state index in [0.29, 0.717) is 0 Å². The molecule has 0 aliphatic carbocycles. The third kappa shape index (κ3) is 3.51. The predicted octanol–water partition coefficient (Wildman–Crippen LogP) is 2.47. The van der Waals surface area contributed by atoms with E-state index >= 15 is 0 Å². The molecule has 1 rings (SSSR count). The van der Waals surface area contributed by atoms with E-state index in [1.807, 2.05) is 13.8 Å². The summed E-state index contributed by atoms with van der Waals surface area (Å²) < 4.78 is 12.9. The molecule has 0 amide bonds. The Hall–Kier alpha value is -0.960. The number of aromatic nitrogens is 1. The molecule has 0 aliphatic heterocycles. The van der Waals surface area contributed by atoms with Crippen molar-refractivity contribution in [1.29, 1.82) is 0 Å². The molecule has 0 atom stereocenters. The Morgan fingerprint density at radius 3 is 2.23 bits per heavy atom. The molecule has 1 N–H and O–H groups in total. The van der Waals surface area contributed by atoms with E-state index in [4.69, 9.17) is 0 Å². The average molecular weight is 185 g/mol. The standard InChI is InChI=1S/C8H10FNO.C2H6/c1-8(2,11)6-3-4-10-5-7(6)9;1-2/h3-5,11H,1-2H3;1-2H3. The van der Waals surface area contributed by atoms with Crippen LogP contribution in [0.1, 0.15) is 33.3 Å². The molecule has 0 unspecified atom stereocenters. The van der Waals surface area contributed by atoms with E-state index in [9.17, 15) is 9.50 Å². The molecular formula is C10H16FNO. The Bertz CT molecular complexity index is 255. The van der Waals surface area contributed by atoms with Gasteiger partial charge in [0.15, 0.2) is 0 Å². The topological polar surface area (TPSA) is 33.1 Å². The van der Waals surface area contributed by atoms with Gasteiger partial charge in [-0.15, -0.1) is 0 Å². The molecular weight excluding hydrogens is 169 g/mol. The summed E-state index contributed by atoms with van der Waals surface area (Å²) in [5.41, 5.74) is -0.861. The molecule has 0 saturated carbocycles. The van der Waals surface area contributed by atoms with Gasteiger partial charge in [0.1, 0.15) is 5.82 Å². The largest absolute Gasteiger partial charge is 0.386 e. The average Bonchev–Trinajstić information content (AvgIpc) is 2.07. The Kier molecular flexibility index (Phi) is 4.56. The minimum atomic E-state index is -1.13. The zero-order valence-corrected chi connectivity index (χ0v) is 8.50. The highest BCUT2D eigenvalue weighted by atomic mass is 19.1. The molecule has 0 saturated heterocycles. The fourth-order valence-corrected chi connectivity index (χ4v) is 0.871. The van der Waals surface area contributed by atoms with E-state index in [1.54, 1.807) is 0 Å². The van der Waals surface area contributed by atoms with Gasteiger partial charge in [-0.3, -0.25) is 4.98 Å². The molecule has 0 aliphatic rings. The van der Waals surface area contributed by atoms with Crippen molar-refractivity contribution in [2.75, 3.05) is 0 Å². The summed E-state index contributed by atoms with van der Waals surface area (Å²) in [4.78, 5) is 3.57. The fourth-order valence-electron chi connectivity index (χ4n) is 0.871. The van der Waals surface area contributed by atoms with Gasteiger partial charge in [-0.05, 0) is 19.9 Å². The third-order valence-electron chi connectivity index (χ3n) is 1.43. The number of pyridine rings is 1. The molecule has 0 fully saturated rings. The van der Waals surface area contributed by atoms with Crippen LogP contribution in [0.15, 0.2) is 18.5 Å². The summed E-state index contributed by atoms with van der Waals surface area (Å²) in [5.74, 6) is -0.472. The van der Waals surface area contributed by atoms with Crippen molar-refractivity contribution in [1.82, 2.24) is 4.98 Å². The van der Waals surface area contributed by atoms with Crippen LogP contribution in [-0.4, -0.2) is 10.1 Å². The van der Waals surface area contributed by atoms with Crippen LogP contribution in [0.3, 0.4) is 0 Å². The second-order valence-electron chi connectivity index (χ2n) is 2.91. The van der Waals surface area contributed by atoms with Crippen molar-refractivity contribution in [3.05, 3.63) is 29.8 Å². The number of aliphatic hydroxyl groups is 1. The van der Waals surface area contributed by atoms with Crippen LogP contribution in [-0.2, 0) is 5.60 Å². The van der Waals surface area contributed by atoms with Crippen molar-refractivity contribution in [3.63, 3.8) is 0 Å². The SMILES string of the molecule is CC.CC(C)(O)c1ccncc1F.